The summed E-state index contributed by atoms with van der Waals surface area (Å²) in [4.78, 5) is 0. The molecule has 0 rings (SSSR count). The molecule has 0 aliphatic heterocycles. The molecule has 70 valence electrons. The summed E-state index contributed by atoms with van der Waals surface area (Å²) in [5.41, 5.74) is 0.384. The molecule has 0 heterocycles. The van der Waals surface area contributed by atoms with Gasteiger partial charge in [-0.05, 0) is 26.3 Å². The van der Waals surface area contributed by atoms with Gasteiger partial charge in [-0.25, -0.2) is 0 Å². The van der Waals surface area contributed by atoms with E-state index in [4.69, 9.17) is 0 Å². The molecule has 0 saturated carbocycles. The fourth-order valence-electron chi connectivity index (χ4n) is 0.927. The molecule has 0 aromatic rings. The first-order valence-electron chi connectivity index (χ1n) is 4.93. The minimum Gasteiger partial charge on any atom is -0.312 e. The lowest BCUT2D eigenvalue weighted by atomic mass is 9.96. The summed E-state index contributed by atoms with van der Waals surface area (Å²) in [5.74, 6) is 0. The van der Waals surface area contributed by atoms with E-state index in [1.807, 2.05) is 13.8 Å². The maximum atomic E-state index is 3.46. The van der Waals surface area contributed by atoms with Crippen LogP contribution in [0.1, 0.15) is 54.4 Å². The minimum absolute atomic E-state index is 0.384. The normalized spacial score (nSPS) is 10.4. The molecule has 0 aromatic carbocycles. The fourth-order valence-corrected chi connectivity index (χ4v) is 0.927. The van der Waals surface area contributed by atoms with Gasteiger partial charge in [0.1, 0.15) is 0 Å². The number of hydrogen-bond acceptors (Lipinski definition) is 1. The Morgan fingerprint density at radius 1 is 1.00 bits per heavy atom. The maximum absolute atomic E-state index is 3.46. The molecule has 0 amide bonds. The SMILES string of the molecule is CC.CCNC(C)(CC)CC. The molecule has 0 aromatic heterocycles. The van der Waals surface area contributed by atoms with E-state index in [0.29, 0.717) is 5.54 Å². The topological polar surface area (TPSA) is 12.0 Å². The highest BCUT2D eigenvalue weighted by Crippen LogP contribution is 2.12. The van der Waals surface area contributed by atoms with Gasteiger partial charge in [-0.1, -0.05) is 34.6 Å². The number of hydrogen-bond donors (Lipinski definition) is 1. The van der Waals surface area contributed by atoms with Gasteiger partial charge >= 0.3 is 0 Å². The van der Waals surface area contributed by atoms with Gasteiger partial charge < -0.3 is 5.32 Å². The van der Waals surface area contributed by atoms with Crippen molar-refractivity contribution in [3.8, 4) is 0 Å². The van der Waals surface area contributed by atoms with Crippen LogP contribution in [0, 0.1) is 0 Å². The van der Waals surface area contributed by atoms with Crippen molar-refractivity contribution in [1.29, 1.82) is 0 Å². The van der Waals surface area contributed by atoms with E-state index >= 15 is 0 Å². The summed E-state index contributed by atoms with van der Waals surface area (Å²) in [7, 11) is 0. The predicted molar refractivity (Wildman–Crippen MR) is 54.0 cm³/mol. The number of rotatable bonds is 4. The van der Waals surface area contributed by atoms with E-state index in [-0.39, 0.29) is 0 Å². The summed E-state index contributed by atoms with van der Waals surface area (Å²) < 4.78 is 0. The van der Waals surface area contributed by atoms with E-state index < -0.39 is 0 Å². The minimum atomic E-state index is 0.384. The van der Waals surface area contributed by atoms with Crippen LogP contribution < -0.4 is 5.32 Å². The van der Waals surface area contributed by atoms with Crippen LogP contribution in [0.3, 0.4) is 0 Å². The standard InChI is InChI=1S/C8H19N.C2H6/c1-5-8(4,6-2)9-7-3;1-2/h9H,5-7H2,1-4H3;1-2H3. The Labute approximate surface area is 72.6 Å². The zero-order valence-corrected chi connectivity index (χ0v) is 9.12. The van der Waals surface area contributed by atoms with Gasteiger partial charge in [0.05, 0.1) is 0 Å². The first-order valence-corrected chi connectivity index (χ1v) is 4.93. The molecule has 0 aliphatic carbocycles. The van der Waals surface area contributed by atoms with Crippen molar-refractivity contribution in [3.05, 3.63) is 0 Å². The Bertz CT molecular complexity index is 65.3. The summed E-state index contributed by atoms with van der Waals surface area (Å²) in [5, 5.41) is 3.46. The van der Waals surface area contributed by atoms with Crippen molar-refractivity contribution >= 4 is 0 Å². The number of nitrogens with one attached hydrogen (secondary N) is 1. The fraction of sp³-hybridized carbons (Fsp3) is 1.00. The van der Waals surface area contributed by atoms with Crippen molar-refractivity contribution in [3.63, 3.8) is 0 Å². The molecule has 1 heteroatoms. The van der Waals surface area contributed by atoms with Crippen molar-refractivity contribution in [2.75, 3.05) is 6.54 Å². The molecule has 0 aliphatic rings. The Morgan fingerprint density at radius 3 is 1.45 bits per heavy atom. The molecule has 0 bridgehead atoms. The second-order valence-electron chi connectivity index (χ2n) is 2.80. The molecule has 0 fully saturated rings. The van der Waals surface area contributed by atoms with Crippen molar-refractivity contribution in [1.82, 2.24) is 5.32 Å². The van der Waals surface area contributed by atoms with Crippen LogP contribution in [0.4, 0.5) is 0 Å². The second-order valence-corrected chi connectivity index (χ2v) is 2.80. The molecule has 0 saturated heterocycles. The predicted octanol–water partition coefficient (Wildman–Crippen LogP) is 3.20. The Morgan fingerprint density at radius 2 is 1.36 bits per heavy atom. The highest BCUT2D eigenvalue weighted by Gasteiger charge is 2.16. The van der Waals surface area contributed by atoms with E-state index in [2.05, 4.69) is 33.0 Å². The van der Waals surface area contributed by atoms with Gasteiger partial charge in [0.25, 0.3) is 0 Å². The zero-order valence-electron chi connectivity index (χ0n) is 9.12. The van der Waals surface area contributed by atoms with E-state index in [0.717, 1.165) is 6.54 Å². The van der Waals surface area contributed by atoms with Crippen molar-refractivity contribution in [2.45, 2.75) is 59.9 Å². The lowest BCUT2D eigenvalue weighted by Crippen LogP contribution is -2.40. The maximum Gasteiger partial charge on any atom is 0.0148 e. The molecule has 1 N–H and O–H groups in total. The lowest BCUT2D eigenvalue weighted by Gasteiger charge is -2.27. The highest BCUT2D eigenvalue weighted by atomic mass is 14.9. The molecular formula is C10H25N. The Hall–Kier alpha value is -0.0400. The third-order valence-electron chi connectivity index (χ3n) is 2.16. The van der Waals surface area contributed by atoms with Crippen molar-refractivity contribution < 1.29 is 0 Å². The van der Waals surface area contributed by atoms with Gasteiger partial charge in [-0.3, -0.25) is 0 Å². The Kier molecular flexibility index (Phi) is 9.92. The van der Waals surface area contributed by atoms with Crippen LogP contribution >= 0.6 is 0 Å². The molecule has 11 heavy (non-hydrogen) atoms. The van der Waals surface area contributed by atoms with Crippen LogP contribution in [-0.2, 0) is 0 Å². The third kappa shape index (κ3) is 6.36. The molecule has 0 unspecified atom stereocenters. The summed E-state index contributed by atoms with van der Waals surface area (Å²) in [6.07, 6.45) is 2.44. The largest absolute Gasteiger partial charge is 0.312 e. The lowest BCUT2D eigenvalue weighted by molar-refractivity contribution is 0.340. The molecule has 0 radical (unpaired) electrons. The van der Waals surface area contributed by atoms with Crippen LogP contribution in [0.2, 0.25) is 0 Å². The quantitative estimate of drug-likeness (QED) is 0.664. The van der Waals surface area contributed by atoms with Crippen molar-refractivity contribution in [2.24, 2.45) is 0 Å². The Balaban J connectivity index is 0. The average Bonchev–Trinajstić information content (AvgIpc) is 2.08. The van der Waals surface area contributed by atoms with Gasteiger partial charge in [-0.2, -0.15) is 0 Å². The van der Waals surface area contributed by atoms with Crippen LogP contribution in [0.15, 0.2) is 0 Å². The van der Waals surface area contributed by atoms with E-state index in [1.165, 1.54) is 12.8 Å². The monoisotopic (exact) mass is 159 g/mol. The zero-order chi connectivity index (χ0) is 9.33. The molecule has 1 nitrogen and oxygen atoms in total. The third-order valence-corrected chi connectivity index (χ3v) is 2.16. The van der Waals surface area contributed by atoms with Crippen LogP contribution in [0.25, 0.3) is 0 Å². The summed E-state index contributed by atoms with van der Waals surface area (Å²) >= 11 is 0. The molecule has 0 atom stereocenters. The summed E-state index contributed by atoms with van der Waals surface area (Å²) in [6, 6.07) is 0. The molecular weight excluding hydrogens is 134 g/mol. The smallest absolute Gasteiger partial charge is 0.0148 e. The van der Waals surface area contributed by atoms with E-state index in [1.54, 1.807) is 0 Å². The van der Waals surface area contributed by atoms with Gasteiger partial charge in [0.2, 0.25) is 0 Å². The first-order chi connectivity index (χ1) is 5.18. The van der Waals surface area contributed by atoms with E-state index in [9.17, 15) is 0 Å². The first kappa shape index (κ1) is 13.5. The highest BCUT2D eigenvalue weighted by molar-refractivity contribution is 4.78. The second kappa shape index (κ2) is 8.06. The average molecular weight is 159 g/mol. The van der Waals surface area contributed by atoms with Crippen LogP contribution in [0.5, 0.6) is 0 Å². The van der Waals surface area contributed by atoms with Crippen LogP contribution in [-0.4, -0.2) is 12.1 Å². The van der Waals surface area contributed by atoms with Gasteiger partial charge in [-0.15, -0.1) is 0 Å². The molecule has 0 spiro atoms. The van der Waals surface area contributed by atoms with Gasteiger partial charge in [0.15, 0.2) is 0 Å². The summed E-state index contributed by atoms with van der Waals surface area (Å²) in [6.45, 7) is 14.0. The van der Waals surface area contributed by atoms with Gasteiger partial charge in [0, 0.05) is 5.54 Å².